The van der Waals surface area contributed by atoms with Crippen LogP contribution in [0.1, 0.15) is 39.7 Å². The van der Waals surface area contributed by atoms with Gasteiger partial charge in [0.15, 0.2) is 11.5 Å². The van der Waals surface area contributed by atoms with Crippen molar-refractivity contribution in [2.24, 2.45) is 5.92 Å². The molecule has 0 aliphatic heterocycles. The average molecular weight is 293 g/mol. The largest absolute Gasteiger partial charge is 0.493 e. The van der Waals surface area contributed by atoms with E-state index in [1.165, 1.54) is 0 Å². The van der Waals surface area contributed by atoms with E-state index in [1.54, 1.807) is 31.4 Å². The topological polar surface area (TPSA) is 61.6 Å². The van der Waals surface area contributed by atoms with Crippen molar-refractivity contribution in [2.75, 3.05) is 7.11 Å². The molecule has 1 aromatic carbocycles. The van der Waals surface area contributed by atoms with Crippen LogP contribution in [0.25, 0.3) is 6.08 Å². The predicted molar refractivity (Wildman–Crippen MR) is 83.2 cm³/mol. The Kier molecular flexibility index (Phi) is 6.21. The Bertz CT molecular complexity index is 521. The lowest BCUT2D eigenvalue weighted by atomic mass is 10.1. The van der Waals surface area contributed by atoms with Crippen molar-refractivity contribution in [1.29, 1.82) is 0 Å². The summed E-state index contributed by atoms with van der Waals surface area (Å²) < 4.78 is 10.9. The van der Waals surface area contributed by atoms with Gasteiger partial charge in [-0.3, -0.25) is 10.1 Å². The minimum Gasteiger partial charge on any atom is -0.493 e. The molecular formula is C16H23NO4. The number of nitrogens with zero attached hydrogens (tertiary/aromatic N) is 1. The Morgan fingerprint density at radius 2 is 1.95 bits per heavy atom. The van der Waals surface area contributed by atoms with E-state index in [1.807, 2.05) is 27.7 Å². The number of allylic oxidation sites excluding steroid dienone is 1. The number of hydrogen-bond donors (Lipinski definition) is 0. The molecule has 0 radical (unpaired) electrons. The van der Waals surface area contributed by atoms with E-state index in [0.29, 0.717) is 17.9 Å². The Morgan fingerprint density at radius 3 is 2.43 bits per heavy atom. The van der Waals surface area contributed by atoms with Crippen LogP contribution in [0.4, 0.5) is 0 Å². The maximum absolute atomic E-state index is 11.1. The molecule has 0 saturated heterocycles. The van der Waals surface area contributed by atoms with Crippen LogP contribution in [0.15, 0.2) is 23.9 Å². The van der Waals surface area contributed by atoms with Crippen molar-refractivity contribution in [3.63, 3.8) is 0 Å². The zero-order chi connectivity index (χ0) is 16.0. The third kappa shape index (κ3) is 5.45. The normalized spacial score (nSPS) is 11.9. The molecule has 0 saturated carbocycles. The monoisotopic (exact) mass is 293 g/mol. The van der Waals surface area contributed by atoms with Gasteiger partial charge in [-0.2, -0.15) is 0 Å². The lowest BCUT2D eigenvalue weighted by Gasteiger charge is -2.13. The summed E-state index contributed by atoms with van der Waals surface area (Å²) in [5.74, 6) is 1.44. The van der Waals surface area contributed by atoms with E-state index in [4.69, 9.17) is 9.47 Å². The molecular weight excluding hydrogens is 270 g/mol. The third-order valence-electron chi connectivity index (χ3n) is 2.74. The SMILES string of the molecule is COc1cc(C=C(CC(C)C)[N+](=O)[O-])ccc1OC(C)C. The minimum absolute atomic E-state index is 0.0376. The van der Waals surface area contributed by atoms with Gasteiger partial charge in [0.2, 0.25) is 5.70 Å². The van der Waals surface area contributed by atoms with Crippen molar-refractivity contribution in [3.8, 4) is 11.5 Å². The number of nitro groups is 1. The molecule has 0 amide bonds. The smallest absolute Gasteiger partial charge is 0.247 e. The molecule has 1 aromatic rings. The standard InChI is InChI=1S/C16H23NO4/c1-11(2)8-14(17(18)19)9-13-6-7-15(21-12(3)4)16(10-13)20-5/h6-7,9-12H,8H2,1-5H3. The molecule has 116 valence electrons. The van der Waals surface area contributed by atoms with Crippen LogP contribution in [0.2, 0.25) is 0 Å². The van der Waals surface area contributed by atoms with E-state index in [-0.39, 0.29) is 22.6 Å². The summed E-state index contributed by atoms with van der Waals surface area (Å²) in [5.41, 5.74) is 0.930. The lowest BCUT2D eigenvalue weighted by molar-refractivity contribution is -0.427. The van der Waals surface area contributed by atoms with Crippen LogP contribution >= 0.6 is 0 Å². The fourth-order valence-corrected chi connectivity index (χ4v) is 1.92. The molecule has 0 unspecified atom stereocenters. The lowest BCUT2D eigenvalue weighted by Crippen LogP contribution is -2.06. The molecule has 21 heavy (non-hydrogen) atoms. The van der Waals surface area contributed by atoms with Crippen molar-refractivity contribution in [3.05, 3.63) is 39.6 Å². The second-order valence-corrected chi connectivity index (χ2v) is 5.57. The first-order chi connectivity index (χ1) is 9.83. The van der Waals surface area contributed by atoms with Crippen molar-refractivity contribution < 1.29 is 14.4 Å². The fraction of sp³-hybridized carbons (Fsp3) is 0.500. The van der Waals surface area contributed by atoms with Crippen LogP contribution in [-0.2, 0) is 0 Å². The maximum atomic E-state index is 11.1. The zero-order valence-electron chi connectivity index (χ0n) is 13.3. The zero-order valence-corrected chi connectivity index (χ0v) is 13.3. The second kappa shape index (κ2) is 7.67. The van der Waals surface area contributed by atoms with E-state index >= 15 is 0 Å². The number of benzene rings is 1. The minimum atomic E-state index is -0.328. The highest BCUT2D eigenvalue weighted by molar-refractivity contribution is 5.57. The predicted octanol–water partition coefficient (Wildman–Crippen LogP) is 4.15. The van der Waals surface area contributed by atoms with E-state index in [9.17, 15) is 10.1 Å². The third-order valence-corrected chi connectivity index (χ3v) is 2.74. The van der Waals surface area contributed by atoms with Gasteiger partial charge in [-0.05, 0) is 37.5 Å². The van der Waals surface area contributed by atoms with Gasteiger partial charge in [-0.1, -0.05) is 19.9 Å². The Hall–Kier alpha value is -2.04. The maximum Gasteiger partial charge on any atom is 0.247 e. The molecule has 0 atom stereocenters. The van der Waals surface area contributed by atoms with Crippen LogP contribution in [-0.4, -0.2) is 18.1 Å². The van der Waals surface area contributed by atoms with Crippen molar-refractivity contribution in [1.82, 2.24) is 0 Å². The summed E-state index contributed by atoms with van der Waals surface area (Å²) in [6.07, 6.45) is 2.05. The molecule has 0 spiro atoms. The van der Waals surface area contributed by atoms with Crippen LogP contribution in [0.3, 0.4) is 0 Å². The Balaban J connectivity index is 3.10. The molecule has 0 aromatic heterocycles. The highest BCUT2D eigenvalue weighted by Crippen LogP contribution is 2.30. The van der Waals surface area contributed by atoms with Gasteiger partial charge < -0.3 is 9.47 Å². The van der Waals surface area contributed by atoms with Gasteiger partial charge in [0, 0.05) is 12.5 Å². The number of ether oxygens (including phenoxy) is 2. The number of methoxy groups -OCH3 is 1. The first-order valence-corrected chi connectivity index (χ1v) is 7.03. The molecule has 0 fully saturated rings. The first kappa shape index (κ1) is 17.0. The van der Waals surface area contributed by atoms with Gasteiger partial charge in [0.25, 0.3) is 0 Å². The Labute approximate surface area is 125 Å². The van der Waals surface area contributed by atoms with Gasteiger partial charge in [-0.25, -0.2) is 0 Å². The summed E-state index contributed by atoms with van der Waals surface area (Å²) in [4.78, 5) is 10.8. The Morgan fingerprint density at radius 1 is 1.29 bits per heavy atom. The summed E-state index contributed by atoms with van der Waals surface area (Å²) in [7, 11) is 1.55. The molecule has 0 heterocycles. The van der Waals surface area contributed by atoms with Gasteiger partial charge in [0.1, 0.15) is 0 Å². The highest BCUT2D eigenvalue weighted by atomic mass is 16.6. The average Bonchev–Trinajstić information content (AvgIpc) is 2.38. The molecule has 5 heteroatoms. The summed E-state index contributed by atoms with van der Waals surface area (Å²) in [6.45, 7) is 7.77. The summed E-state index contributed by atoms with van der Waals surface area (Å²) in [5, 5.41) is 11.1. The summed E-state index contributed by atoms with van der Waals surface area (Å²) >= 11 is 0. The number of rotatable bonds is 7. The van der Waals surface area contributed by atoms with E-state index in [2.05, 4.69) is 0 Å². The molecule has 5 nitrogen and oxygen atoms in total. The fourth-order valence-electron chi connectivity index (χ4n) is 1.92. The molecule has 0 bridgehead atoms. The van der Waals surface area contributed by atoms with Crippen LogP contribution < -0.4 is 9.47 Å². The van der Waals surface area contributed by atoms with Crippen LogP contribution in [0, 0.1) is 16.0 Å². The quantitative estimate of drug-likeness (QED) is 0.559. The van der Waals surface area contributed by atoms with Gasteiger partial charge >= 0.3 is 0 Å². The van der Waals surface area contributed by atoms with Crippen molar-refractivity contribution in [2.45, 2.75) is 40.2 Å². The van der Waals surface area contributed by atoms with Crippen LogP contribution in [0.5, 0.6) is 11.5 Å². The van der Waals surface area contributed by atoms with Gasteiger partial charge in [-0.15, -0.1) is 0 Å². The summed E-state index contributed by atoms with van der Waals surface area (Å²) in [6, 6.07) is 5.32. The number of hydrogen-bond acceptors (Lipinski definition) is 4. The van der Waals surface area contributed by atoms with Crippen molar-refractivity contribution >= 4 is 6.08 Å². The first-order valence-electron chi connectivity index (χ1n) is 7.03. The molecule has 1 rings (SSSR count). The molecule has 0 aliphatic carbocycles. The highest BCUT2D eigenvalue weighted by Gasteiger charge is 2.14. The second-order valence-electron chi connectivity index (χ2n) is 5.57. The molecule has 0 N–H and O–H groups in total. The van der Waals surface area contributed by atoms with E-state index < -0.39 is 0 Å². The van der Waals surface area contributed by atoms with Gasteiger partial charge in [0.05, 0.1) is 18.1 Å². The molecule has 0 aliphatic rings. The van der Waals surface area contributed by atoms with E-state index in [0.717, 1.165) is 5.56 Å².